The standard InChI is InChI=1S/C21H24BrN3O3.C2HF3O2/c1-28-19-4-2-3-17(13-19)21(27)25(14-16-5-7-18(22)8-6-16)15-20(26)24-11-9-23-10-12-24;3-2(4,5)1(6)7/h2-8,13,23H,9-12,14-15H2,1H3;(H,6,7). The van der Waals surface area contributed by atoms with Crippen LogP contribution in [0.25, 0.3) is 0 Å². The predicted molar refractivity (Wildman–Crippen MR) is 125 cm³/mol. The van der Waals surface area contributed by atoms with Crippen LogP contribution in [0.15, 0.2) is 53.0 Å². The number of benzene rings is 2. The van der Waals surface area contributed by atoms with Gasteiger partial charge in [-0.25, -0.2) is 4.79 Å². The summed E-state index contributed by atoms with van der Waals surface area (Å²) in [5, 5.41) is 10.4. The number of carboxylic acid groups (broad SMARTS) is 1. The molecule has 0 unspecified atom stereocenters. The molecule has 2 N–H and O–H groups in total. The second-order valence-corrected chi connectivity index (χ2v) is 8.37. The number of aliphatic carboxylic acids is 1. The third kappa shape index (κ3) is 9.21. The van der Waals surface area contributed by atoms with Crippen molar-refractivity contribution >= 4 is 33.7 Å². The smallest absolute Gasteiger partial charge is 0.490 e. The van der Waals surface area contributed by atoms with E-state index in [0.29, 0.717) is 30.9 Å². The molecule has 3 rings (SSSR count). The normalized spacial score (nSPS) is 13.3. The van der Waals surface area contributed by atoms with E-state index in [1.165, 1.54) is 0 Å². The van der Waals surface area contributed by atoms with E-state index >= 15 is 0 Å². The van der Waals surface area contributed by atoms with Crippen LogP contribution in [-0.4, -0.2) is 78.7 Å². The molecule has 0 aromatic heterocycles. The first-order chi connectivity index (χ1) is 16.5. The first kappa shape index (κ1) is 28.1. The average Bonchev–Trinajstić information content (AvgIpc) is 2.84. The van der Waals surface area contributed by atoms with Gasteiger partial charge in [-0.05, 0) is 35.9 Å². The van der Waals surface area contributed by atoms with Crippen molar-refractivity contribution in [2.75, 3.05) is 39.8 Å². The van der Waals surface area contributed by atoms with Gasteiger partial charge in [-0.2, -0.15) is 13.2 Å². The number of hydrogen-bond donors (Lipinski definition) is 2. The number of methoxy groups -OCH3 is 1. The van der Waals surface area contributed by atoms with Gasteiger partial charge in [0.2, 0.25) is 5.91 Å². The zero-order chi connectivity index (χ0) is 26.0. The van der Waals surface area contributed by atoms with Gasteiger partial charge in [0.15, 0.2) is 0 Å². The lowest BCUT2D eigenvalue weighted by Gasteiger charge is -2.30. The van der Waals surface area contributed by atoms with E-state index in [4.69, 9.17) is 14.6 Å². The number of ether oxygens (including phenoxy) is 1. The Bertz CT molecular complexity index is 1010. The third-order valence-corrected chi connectivity index (χ3v) is 5.46. The van der Waals surface area contributed by atoms with Crippen LogP contribution >= 0.6 is 15.9 Å². The van der Waals surface area contributed by atoms with Crippen molar-refractivity contribution in [3.8, 4) is 5.75 Å². The van der Waals surface area contributed by atoms with E-state index in [0.717, 1.165) is 23.1 Å². The second kappa shape index (κ2) is 13.1. The number of nitrogens with zero attached hydrogens (tertiary/aromatic N) is 2. The van der Waals surface area contributed by atoms with Gasteiger partial charge in [0.25, 0.3) is 5.91 Å². The maximum Gasteiger partial charge on any atom is 0.490 e. The van der Waals surface area contributed by atoms with Crippen LogP contribution in [0.4, 0.5) is 13.2 Å². The van der Waals surface area contributed by atoms with Crippen LogP contribution in [0.5, 0.6) is 5.75 Å². The fraction of sp³-hybridized carbons (Fsp3) is 0.348. The number of rotatable bonds is 6. The molecule has 0 atom stereocenters. The van der Waals surface area contributed by atoms with Gasteiger partial charge in [0.05, 0.1) is 7.11 Å². The molecule has 0 spiro atoms. The van der Waals surface area contributed by atoms with Crippen molar-refractivity contribution in [1.29, 1.82) is 0 Å². The lowest BCUT2D eigenvalue weighted by molar-refractivity contribution is -0.192. The van der Waals surface area contributed by atoms with Gasteiger partial charge >= 0.3 is 12.1 Å². The molecular formula is C23H25BrF3N3O5. The predicted octanol–water partition coefficient (Wildman–Crippen LogP) is 3.17. The Kier molecular flexibility index (Phi) is 10.5. The lowest BCUT2D eigenvalue weighted by Crippen LogP contribution is -2.50. The Hall–Kier alpha value is -3.12. The highest BCUT2D eigenvalue weighted by molar-refractivity contribution is 9.10. The molecule has 2 amide bonds. The zero-order valence-electron chi connectivity index (χ0n) is 18.8. The lowest BCUT2D eigenvalue weighted by atomic mass is 10.1. The molecule has 0 radical (unpaired) electrons. The maximum absolute atomic E-state index is 13.2. The minimum Gasteiger partial charge on any atom is -0.497 e. The Balaban J connectivity index is 0.000000540. The highest BCUT2D eigenvalue weighted by Gasteiger charge is 2.38. The SMILES string of the molecule is COc1cccc(C(=O)N(CC(=O)N2CCNCC2)Cc2ccc(Br)cc2)c1.O=C(O)C(F)(F)F. The number of piperazine rings is 1. The molecule has 12 heteroatoms. The summed E-state index contributed by atoms with van der Waals surface area (Å²) in [5.74, 6) is -2.37. The molecule has 1 saturated heterocycles. The molecule has 1 aliphatic heterocycles. The summed E-state index contributed by atoms with van der Waals surface area (Å²) < 4.78 is 37.9. The molecule has 2 aromatic rings. The van der Waals surface area contributed by atoms with Crippen molar-refractivity contribution in [2.24, 2.45) is 0 Å². The van der Waals surface area contributed by atoms with Crippen molar-refractivity contribution in [2.45, 2.75) is 12.7 Å². The van der Waals surface area contributed by atoms with Crippen molar-refractivity contribution in [1.82, 2.24) is 15.1 Å². The first-order valence-electron chi connectivity index (χ1n) is 10.5. The number of carboxylic acids is 1. The average molecular weight is 560 g/mol. The molecule has 190 valence electrons. The van der Waals surface area contributed by atoms with E-state index in [1.54, 1.807) is 36.3 Å². The van der Waals surface area contributed by atoms with Crippen LogP contribution in [0.3, 0.4) is 0 Å². The first-order valence-corrected chi connectivity index (χ1v) is 11.3. The number of carbonyl (C=O) groups excluding carboxylic acids is 2. The molecule has 0 aliphatic carbocycles. The summed E-state index contributed by atoms with van der Waals surface area (Å²) in [6.07, 6.45) is -5.08. The highest BCUT2D eigenvalue weighted by Crippen LogP contribution is 2.18. The van der Waals surface area contributed by atoms with E-state index < -0.39 is 12.1 Å². The topological polar surface area (TPSA) is 99.2 Å². The molecule has 1 heterocycles. The Morgan fingerprint density at radius 1 is 1.11 bits per heavy atom. The molecule has 1 fully saturated rings. The Morgan fingerprint density at radius 2 is 1.71 bits per heavy atom. The summed E-state index contributed by atoms with van der Waals surface area (Å²) >= 11 is 3.42. The van der Waals surface area contributed by atoms with Gasteiger partial charge in [0, 0.05) is 42.8 Å². The molecule has 2 aromatic carbocycles. The summed E-state index contributed by atoms with van der Waals surface area (Å²) in [7, 11) is 1.57. The van der Waals surface area contributed by atoms with E-state index in [9.17, 15) is 22.8 Å². The van der Waals surface area contributed by atoms with Gasteiger partial charge < -0.3 is 25.0 Å². The van der Waals surface area contributed by atoms with Gasteiger partial charge in [-0.1, -0.05) is 34.1 Å². The van der Waals surface area contributed by atoms with E-state index in [1.807, 2.05) is 29.2 Å². The highest BCUT2D eigenvalue weighted by atomic mass is 79.9. The Labute approximate surface area is 208 Å². The zero-order valence-corrected chi connectivity index (χ0v) is 20.4. The summed E-state index contributed by atoms with van der Waals surface area (Å²) in [4.78, 5) is 38.3. The van der Waals surface area contributed by atoms with Crippen molar-refractivity contribution < 1.29 is 37.4 Å². The van der Waals surface area contributed by atoms with Crippen molar-refractivity contribution in [3.63, 3.8) is 0 Å². The minimum atomic E-state index is -5.08. The number of halogens is 4. The van der Waals surface area contributed by atoms with Crippen LogP contribution in [-0.2, 0) is 16.1 Å². The number of alkyl halides is 3. The molecule has 1 aliphatic rings. The fourth-order valence-electron chi connectivity index (χ4n) is 3.13. The molecule has 0 bridgehead atoms. The number of hydrogen-bond acceptors (Lipinski definition) is 5. The molecule has 8 nitrogen and oxygen atoms in total. The maximum atomic E-state index is 13.2. The van der Waals surface area contributed by atoms with E-state index in [2.05, 4.69) is 21.2 Å². The molecular weight excluding hydrogens is 535 g/mol. The third-order valence-electron chi connectivity index (χ3n) is 4.93. The van der Waals surface area contributed by atoms with Crippen LogP contribution in [0.2, 0.25) is 0 Å². The summed E-state index contributed by atoms with van der Waals surface area (Å²) in [5.41, 5.74) is 1.47. The van der Waals surface area contributed by atoms with Gasteiger partial charge in [0.1, 0.15) is 12.3 Å². The van der Waals surface area contributed by atoms with Gasteiger partial charge in [-0.15, -0.1) is 0 Å². The van der Waals surface area contributed by atoms with Crippen molar-refractivity contribution in [3.05, 3.63) is 64.1 Å². The monoisotopic (exact) mass is 559 g/mol. The van der Waals surface area contributed by atoms with E-state index in [-0.39, 0.29) is 18.4 Å². The minimum absolute atomic E-state index is 0.0325. The van der Waals surface area contributed by atoms with Gasteiger partial charge in [-0.3, -0.25) is 9.59 Å². The molecule has 35 heavy (non-hydrogen) atoms. The number of amides is 2. The number of carbonyl (C=O) groups is 3. The summed E-state index contributed by atoms with van der Waals surface area (Å²) in [6.45, 7) is 3.30. The largest absolute Gasteiger partial charge is 0.497 e. The Morgan fingerprint density at radius 3 is 2.26 bits per heavy atom. The van der Waals surface area contributed by atoms with Crippen LogP contribution < -0.4 is 10.1 Å². The van der Waals surface area contributed by atoms with Crippen LogP contribution in [0, 0.1) is 0 Å². The quantitative estimate of drug-likeness (QED) is 0.564. The van der Waals surface area contributed by atoms with Crippen LogP contribution in [0.1, 0.15) is 15.9 Å². The molecule has 0 saturated carbocycles. The summed E-state index contributed by atoms with van der Waals surface area (Å²) in [6, 6.07) is 14.8. The fourth-order valence-corrected chi connectivity index (χ4v) is 3.39. The number of nitrogens with one attached hydrogen (secondary N) is 1. The second-order valence-electron chi connectivity index (χ2n) is 7.45.